The van der Waals surface area contributed by atoms with Crippen LogP contribution in [0.4, 0.5) is 5.69 Å². The van der Waals surface area contributed by atoms with E-state index in [2.05, 4.69) is 55.4 Å². The highest BCUT2D eigenvalue weighted by atomic mass is 15.1. The van der Waals surface area contributed by atoms with Crippen molar-refractivity contribution >= 4 is 5.69 Å². The zero-order valence-electron chi connectivity index (χ0n) is 11.2. The lowest BCUT2D eigenvalue weighted by atomic mass is 9.91. The summed E-state index contributed by atoms with van der Waals surface area (Å²) in [6, 6.07) is 10.1. The average molecular weight is 232 g/mol. The largest absolute Gasteiger partial charge is 0.371 e. The number of hydrogen-bond acceptors (Lipinski definition) is 2. The Bertz CT molecular complexity index is 356. The molecule has 1 aliphatic carbocycles. The molecule has 1 aliphatic rings. The molecule has 1 fully saturated rings. The molecule has 0 spiro atoms. The summed E-state index contributed by atoms with van der Waals surface area (Å²) in [5, 5.41) is 3.51. The van der Waals surface area contributed by atoms with Crippen LogP contribution in [0.2, 0.25) is 0 Å². The SMILES string of the molecule is CC(C)NCc1ccccc1N(C)C1CCC1. The summed E-state index contributed by atoms with van der Waals surface area (Å²) in [4.78, 5) is 2.46. The predicted molar refractivity (Wildman–Crippen MR) is 74.5 cm³/mol. The molecule has 17 heavy (non-hydrogen) atoms. The Morgan fingerprint density at radius 3 is 2.59 bits per heavy atom. The highest BCUT2D eigenvalue weighted by Crippen LogP contribution is 2.30. The minimum Gasteiger partial charge on any atom is -0.371 e. The van der Waals surface area contributed by atoms with Gasteiger partial charge in [-0.1, -0.05) is 32.0 Å². The first-order valence-corrected chi connectivity index (χ1v) is 6.72. The molecule has 94 valence electrons. The van der Waals surface area contributed by atoms with E-state index in [4.69, 9.17) is 0 Å². The van der Waals surface area contributed by atoms with Crippen molar-refractivity contribution in [1.29, 1.82) is 0 Å². The summed E-state index contributed by atoms with van der Waals surface area (Å²) >= 11 is 0. The molecular weight excluding hydrogens is 208 g/mol. The fraction of sp³-hybridized carbons (Fsp3) is 0.600. The summed E-state index contributed by atoms with van der Waals surface area (Å²) in [5.74, 6) is 0. The number of hydrogen-bond donors (Lipinski definition) is 1. The average Bonchev–Trinajstić information content (AvgIpc) is 2.24. The molecule has 1 saturated carbocycles. The third kappa shape index (κ3) is 3.01. The second-order valence-electron chi connectivity index (χ2n) is 5.36. The molecule has 0 heterocycles. The second-order valence-corrected chi connectivity index (χ2v) is 5.36. The van der Waals surface area contributed by atoms with Gasteiger partial charge >= 0.3 is 0 Å². The zero-order valence-corrected chi connectivity index (χ0v) is 11.2. The molecule has 0 aliphatic heterocycles. The summed E-state index contributed by atoms with van der Waals surface area (Å²) in [7, 11) is 2.23. The lowest BCUT2D eigenvalue weighted by Gasteiger charge is -2.37. The van der Waals surface area contributed by atoms with Crippen LogP contribution in [-0.2, 0) is 6.54 Å². The van der Waals surface area contributed by atoms with Gasteiger partial charge in [0.15, 0.2) is 0 Å². The van der Waals surface area contributed by atoms with E-state index in [1.807, 2.05) is 0 Å². The summed E-state index contributed by atoms with van der Waals surface area (Å²) in [5.41, 5.74) is 2.81. The summed E-state index contributed by atoms with van der Waals surface area (Å²) < 4.78 is 0. The molecule has 1 aromatic rings. The third-order valence-electron chi connectivity index (χ3n) is 3.69. The van der Waals surface area contributed by atoms with Crippen LogP contribution in [-0.4, -0.2) is 19.1 Å². The van der Waals surface area contributed by atoms with Gasteiger partial charge < -0.3 is 10.2 Å². The van der Waals surface area contributed by atoms with Crippen molar-refractivity contribution in [2.75, 3.05) is 11.9 Å². The molecule has 0 atom stereocenters. The van der Waals surface area contributed by atoms with E-state index in [0.717, 1.165) is 12.6 Å². The number of para-hydroxylation sites is 1. The third-order valence-corrected chi connectivity index (χ3v) is 3.69. The highest BCUT2D eigenvalue weighted by molar-refractivity contribution is 5.54. The van der Waals surface area contributed by atoms with Gasteiger partial charge in [0.1, 0.15) is 0 Å². The van der Waals surface area contributed by atoms with Gasteiger partial charge in [-0.25, -0.2) is 0 Å². The fourth-order valence-electron chi connectivity index (χ4n) is 2.29. The Kier molecular flexibility index (Phi) is 4.06. The molecule has 0 unspecified atom stereocenters. The molecule has 2 nitrogen and oxygen atoms in total. The molecular formula is C15H24N2. The number of nitrogens with zero attached hydrogens (tertiary/aromatic N) is 1. The monoisotopic (exact) mass is 232 g/mol. The van der Waals surface area contributed by atoms with Crippen molar-refractivity contribution in [3.8, 4) is 0 Å². The van der Waals surface area contributed by atoms with Crippen LogP contribution in [0.25, 0.3) is 0 Å². The van der Waals surface area contributed by atoms with Crippen LogP contribution in [0.1, 0.15) is 38.7 Å². The van der Waals surface area contributed by atoms with Crippen molar-refractivity contribution in [3.63, 3.8) is 0 Å². The van der Waals surface area contributed by atoms with Crippen molar-refractivity contribution in [2.45, 2.75) is 51.7 Å². The summed E-state index contributed by atoms with van der Waals surface area (Å²) in [6.45, 7) is 5.35. The fourth-order valence-corrected chi connectivity index (χ4v) is 2.29. The Morgan fingerprint density at radius 2 is 2.00 bits per heavy atom. The van der Waals surface area contributed by atoms with Crippen molar-refractivity contribution < 1.29 is 0 Å². The molecule has 0 bridgehead atoms. The van der Waals surface area contributed by atoms with Crippen LogP contribution >= 0.6 is 0 Å². The molecule has 0 saturated heterocycles. The Morgan fingerprint density at radius 1 is 1.29 bits per heavy atom. The van der Waals surface area contributed by atoms with Gasteiger partial charge in [-0.2, -0.15) is 0 Å². The second kappa shape index (κ2) is 5.54. The van der Waals surface area contributed by atoms with E-state index in [1.165, 1.54) is 30.5 Å². The van der Waals surface area contributed by atoms with E-state index in [9.17, 15) is 0 Å². The van der Waals surface area contributed by atoms with Crippen LogP contribution in [0.15, 0.2) is 24.3 Å². The van der Waals surface area contributed by atoms with Gasteiger partial charge in [-0.05, 0) is 30.9 Å². The predicted octanol–water partition coefficient (Wildman–Crippen LogP) is 3.17. The van der Waals surface area contributed by atoms with E-state index in [1.54, 1.807) is 0 Å². The quantitative estimate of drug-likeness (QED) is 0.839. The van der Waals surface area contributed by atoms with E-state index >= 15 is 0 Å². The van der Waals surface area contributed by atoms with Gasteiger partial charge in [0.25, 0.3) is 0 Å². The molecule has 1 aromatic carbocycles. The van der Waals surface area contributed by atoms with Gasteiger partial charge in [0.05, 0.1) is 0 Å². The van der Waals surface area contributed by atoms with E-state index < -0.39 is 0 Å². The number of rotatable bonds is 5. The zero-order chi connectivity index (χ0) is 12.3. The normalized spacial score (nSPS) is 16.0. The van der Waals surface area contributed by atoms with Gasteiger partial charge in [-0.3, -0.25) is 0 Å². The van der Waals surface area contributed by atoms with Gasteiger partial charge in [-0.15, -0.1) is 0 Å². The van der Waals surface area contributed by atoms with Crippen LogP contribution < -0.4 is 10.2 Å². The maximum atomic E-state index is 3.51. The van der Waals surface area contributed by atoms with Crippen LogP contribution in [0.3, 0.4) is 0 Å². The smallest absolute Gasteiger partial charge is 0.0411 e. The van der Waals surface area contributed by atoms with E-state index in [-0.39, 0.29) is 0 Å². The van der Waals surface area contributed by atoms with Crippen LogP contribution in [0.5, 0.6) is 0 Å². The highest BCUT2D eigenvalue weighted by Gasteiger charge is 2.23. The first kappa shape index (κ1) is 12.4. The van der Waals surface area contributed by atoms with E-state index in [0.29, 0.717) is 6.04 Å². The lowest BCUT2D eigenvalue weighted by molar-refractivity contribution is 0.400. The number of anilines is 1. The van der Waals surface area contributed by atoms with Crippen molar-refractivity contribution in [2.24, 2.45) is 0 Å². The minimum absolute atomic E-state index is 0.539. The molecule has 2 heteroatoms. The van der Waals surface area contributed by atoms with Crippen LogP contribution in [0, 0.1) is 0 Å². The maximum Gasteiger partial charge on any atom is 0.0411 e. The number of nitrogens with one attached hydrogen (secondary N) is 1. The molecule has 0 radical (unpaired) electrons. The molecule has 0 amide bonds. The molecule has 1 N–H and O–H groups in total. The Hall–Kier alpha value is -1.02. The standard InChI is InChI=1S/C15H24N2/c1-12(2)16-11-13-7-4-5-10-15(13)17(3)14-8-6-9-14/h4-5,7,10,12,14,16H,6,8-9,11H2,1-3H3. The molecule has 0 aromatic heterocycles. The topological polar surface area (TPSA) is 15.3 Å². The van der Waals surface area contributed by atoms with Gasteiger partial charge in [0, 0.05) is 31.4 Å². The Balaban J connectivity index is 2.08. The molecule has 2 rings (SSSR count). The minimum atomic E-state index is 0.539. The first-order valence-electron chi connectivity index (χ1n) is 6.72. The Labute approximate surface area is 105 Å². The first-order chi connectivity index (χ1) is 8.18. The van der Waals surface area contributed by atoms with Crippen molar-refractivity contribution in [3.05, 3.63) is 29.8 Å². The number of benzene rings is 1. The summed E-state index contributed by atoms with van der Waals surface area (Å²) in [6.07, 6.45) is 4.09. The lowest BCUT2D eigenvalue weighted by Crippen LogP contribution is -2.38. The van der Waals surface area contributed by atoms with Crippen molar-refractivity contribution in [1.82, 2.24) is 5.32 Å². The maximum absolute atomic E-state index is 3.51. The van der Waals surface area contributed by atoms with Gasteiger partial charge in [0.2, 0.25) is 0 Å².